The van der Waals surface area contributed by atoms with Crippen LogP contribution in [0.4, 0.5) is 0 Å². The molecule has 0 saturated heterocycles. The summed E-state index contributed by atoms with van der Waals surface area (Å²) in [6.07, 6.45) is 1.44. The number of carboxylic acid groups (broad SMARTS) is 1. The van der Waals surface area contributed by atoms with Gasteiger partial charge in [0.15, 0.2) is 0 Å². The Kier molecular flexibility index (Phi) is 5.97. The first-order valence-electron chi connectivity index (χ1n) is 5.34. The van der Waals surface area contributed by atoms with E-state index < -0.39 is 5.97 Å². The predicted molar refractivity (Wildman–Crippen MR) is 58.2 cm³/mol. The molecule has 2 unspecified atom stereocenters. The van der Waals surface area contributed by atoms with E-state index in [-0.39, 0.29) is 24.2 Å². The molecule has 0 radical (unpaired) electrons. The highest BCUT2D eigenvalue weighted by Crippen LogP contribution is 2.22. The minimum atomic E-state index is -0.778. The van der Waals surface area contributed by atoms with Gasteiger partial charge < -0.3 is 10.8 Å². The number of hydrogen-bond donors (Lipinski definition) is 2. The summed E-state index contributed by atoms with van der Waals surface area (Å²) >= 11 is 0. The summed E-state index contributed by atoms with van der Waals surface area (Å²) in [4.78, 5) is 21.6. The lowest BCUT2D eigenvalue weighted by Crippen LogP contribution is -2.22. The average molecular weight is 215 g/mol. The van der Waals surface area contributed by atoms with Crippen LogP contribution in [0.5, 0.6) is 0 Å². The molecule has 1 amide bonds. The highest BCUT2D eigenvalue weighted by atomic mass is 16.4. The second kappa shape index (κ2) is 6.43. The minimum absolute atomic E-state index is 0.0438. The third kappa shape index (κ3) is 6.94. The largest absolute Gasteiger partial charge is 0.481 e. The van der Waals surface area contributed by atoms with Crippen molar-refractivity contribution in [1.29, 1.82) is 0 Å². The first-order chi connectivity index (χ1) is 6.82. The first-order valence-corrected chi connectivity index (χ1v) is 5.34. The molecule has 3 N–H and O–H groups in total. The molecular weight excluding hydrogens is 194 g/mol. The summed E-state index contributed by atoms with van der Waals surface area (Å²) in [5.41, 5.74) is 5.06. The molecule has 0 spiro atoms. The van der Waals surface area contributed by atoms with Crippen molar-refractivity contribution in [1.82, 2.24) is 0 Å². The van der Waals surface area contributed by atoms with Crippen LogP contribution in [0.2, 0.25) is 0 Å². The summed E-state index contributed by atoms with van der Waals surface area (Å²) in [6.45, 7) is 5.85. The Hall–Kier alpha value is -1.06. The lowest BCUT2D eigenvalue weighted by molar-refractivity contribution is -0.143. The molecule has 0 aromatic carbocycles. The summed E-state index contributed by atoms with van der Waals surface area (Å²) < 4.78 is 0. The maximum absolute atomic E-state index is 10.9. The molecule has 0 aromatic heterocycles. The molecule has 15 heavy (non-hydrogen) atoms. The van der Waals surface area contributed by atoms with Gasteiger partial charge in [-0.3, -0.25) is 9.59 Å². The van der Waals surface area contributed by atoms with Crippen LogP contribution in [-0.4, -0.2) is 17.0 Å². The maximum atomic E-state index is 10.9. The van der Waals surface area contributed by atoms with E-state index in [2.05, 4.69) is 0 Å². The molecule has 88 valence electrons. The molecular formula is C11H21NO3. The lowest BCUT2D eigenvalue weighted by Gasteiger charge is -2.18. The van der Waals surface area contributed by atoms with Crippen LogP contribution >= 0.6 is 0 Å². The third-order valence-corrected chi connectivity index (χ3v) is 2.34. The second-order valence-corrected chi connectivity index (χ2v) is 4.68. The first kappa shape index (κ1) is 13.9. The van der Waals surface area contributed by atoms with Crippen molar-refractivity contribution in [2.45, 2.75) is 40.0 Å². The molecule has 2 atom stereocenters. The van der Waals surface area contributed by atoms with E-state index in [1.165, 1.54) is 0 Å². The zero-order valence-corrected chi connectivity index (χ0v) is 9.69. The van der Waals surface area contributed by atoms with Crippen LogP contribution in [0.15, 0.2) is 0 Å². The summed E-state index contributed by atoms with van der Waals surface area (Å²) in [6, 6.07) is 0. The topological polar surface area (TPSA) is 80.4 Å². The number of hydrogen-bond acceptors (Lipinski definition) is 2. The van der Waals surface area contributed by atoms with Crippen molar-refractivity contribution in [2.24, 2.45) is 23.5 Å². The summed E-state index contributed by atoms with van der Waals surface area (Å²) in [7, 11) is 0. The average Bonchev–Trinajstić information content (AvgIpc) is 1.99. The number of nitrogens with two attached hydrogens (primary N) is 1. The van der Waals surface area contributed by atoms with Crippen molar-refractivity contribution in [3.8, 4) is 0 Å². The molecule has 0 rings (SSSR count). The molecule has 0 aliphatic rings. The zero-order valence-electron chi connectivity index (χ0n) is 9.69. The van der Waals surface area contributed by atoms with Crippen LogP contribution in [0.25, 0.3) is 0 Å². The van der Waals surface area contributed by atoms with Crippen LogP contribution in [-0.2, 0) is 9.59 Å². The number of primary amides is 1. The summed E-state index contributed by atoms with van der Waals surface area (Å²) in [5.74, 6) is -1.11. The standard InChI is InChI=1S/C11H21NO3/c1-7(2)4-9(11(14)15)5-8(3)6-10(12)13/h7-9H,4-6H2,1-3H3,(H2,12,13)(H,14,15). The van der Waals surface area contributed by atoms with Gasteiger partial charge >= 0.3 is 5.97 Å². The Morgan fingerprint density at radius 1 is 1.20 bits per heavy atom. The minimum Gasteiger partial charge on any atom is -0.481 e. The molecule has 0 fully saturated rings. The van der Waals surface area contributed by atoms with Gasteiger partial charge in [0, 0.05) is 6.42 Å². The number of amides is 1. The molecule has 4 nitrogen and oxygen atoms in total. The van der Waals surface area contributed by atoms with Crippen LogP contribution in [0.3, 0.4) is 0 Å². The Balaban J connectivity index is 4.16. The van der Waals surface area contributed by atoms with Gasteiger partial charge in [0.2, 0.25) is 5.91 Å². The van der Waals surface area contributed by atoms with E-state index in [1.807, 2.05) is 20.8 Å². The van der Waals surface area contributed by atoms with Crippen LogP contribution in [0, 0.1) is 17.8 Å². The fraction of sp³-hybridized carbons (Fsp3) is 0.818. The number of rotatable bonds is 7. The second-order valence-electron chi connectivity index (χ2n) is 4.68. The smallest absolute Gasteiger partial charge is 0.306 e. The van der Waals surface area contributed by atoms with Crippen LogP contribution < -0.4 is 5.73 Å². The lowest BCUT2D eigenvalue weighted by atomic mass is 9.87. The fourth-order valence-corrected chi connectivity index (χ4v) is 1.78. The van der Waals surface area contributed by atoms with E-state index >= 15 is 0 Å². The van der Waals surface area contributed by atoms with Gasteiger partial charge in [-0.05, 0) is 24.7 Å². The van der Waals surface area contributed by atoms with Gasteiger partial charge in [0.25, 0.3) is 0 Å². The molecule has 0 aliphatic heterocycles. The third-order valence-electron chi connectivity index (χ3n) is 2.34. The van der Waals surface area contributed by atoms with Crippen molar-refractivity contribution in [3.63, 3.8) is 0 Å². The monoisotopic (exact) mass is 215 g/mol. The highest BCUT2D eigenvalue weighted by Gasteiger charge is 2.22. The molecule has 0 aromatic rings. The maximum Gasteiger partial charge on any atom is 0.306 e. The van der Waals surface area contributed by atoms with Gasteiger partial charge in [-0.1, -0.05) is 20.8 Å². The number of carbonyl (C=O) groups excluding carboxylic acids is 1. The van der Waals surface area contributed by atoms with Crippen molar-refractivity contribution < 1.29 is 14.7 Å². The predicted octanol–water partition coefficient (Wildman–Crippen LogP) is 1.63. The van der Waals surface area contributed by atoms with Crippen molar-refractivity contribution >= 4 is 11.9 Å². The van der Waals surface area contributed by atoms with Crippen LogP contribution in [0.1, 0.15) is 40.0 Å². The Morgan fingerprint density at radius 2 is 1.73 bits per heavy atom. The molecule has 0 saturated carbocycles. The van der Waals surface area contributed by atoms with Crippen molar-refractivity contribution in [2.75, 3.05) is 0 Å². The van der Waals surface area contributed by atoms with Crippen molar-refractivity contribution in [3.05, 3.63) is 0 Å². The summed E-state index contributed by atoms with van der Waals surface area (Å²) in [5, 5.41) is 8.99. The quantitative estimate of drug-likeness (QED) is 0.677. The van der Waals surface area contributed by atoms with Gasteiger partial charge in [-0.25, -0.2) is 0 Å². The number of carbonyl (C=O) groups is 2. The van der Waals surface area contributed by atoms with E-state index in [1.54, 1.807) is 0 Å². The van der Waals surface area contributed by atoms with Gasteiger partial charge in [-0.15, -0.1) is 0 Å². The van der Waals surface area contributed by atoms with E-state index in [0.29, 0.717) is 18.8 Å². The van der Waals surface area contributed by atoms with E-state index in [0.717, 1.165) is 0 Å². The molecule has 4 heteroatoms. The Bertz CT molecular complexity index is 226. The van der Waals surface area contributed by atoms with Gasteiger partial charge in [-0.2, -0.15) is 0 Å². The fourth-order valence-electron chi connectivity index (χ4n) is 1.78. The van der Waals surface area contributed by atoms with Gasteiger partial charge in [0.05, 0.1) is 5.92 Å². The number of carboxylic acids is 1. The zero-order chi connectivity index (χ0) is 12.0. The van der Waals surface area contributed by atoms with E-state index in [9.17, 15) is 9.59 Å². The molecule has 0 bridgehead atoms. The highest BCUT2D eigenvalue weighted by molar-refractivity contribution is 5.74. The SMILES string of the molecule is CC(C)CC(CC(C)CC(N)=O)C(=O)O. The normalized spacial score (nSPS) is 14.9. The molecule has 0 heterocycles. The van der Waals surface area contributed by atoms with Gasteiger partial charge in [0.1, 0.15) is 0 Å². The Morgan fingerprint density at radius 3 is 2.07 bits per heavy atom. The Labute approximate surface area is 90.8 Å². The van der Waals surface area contributed by atoms with E-state index in [4.69, 9.17) is 10.8 Å². The number of aliphatic carboxylic acids is 1. The molecule has 0 aliphatic carbocycles.